The second-order valence-corrected chi connectivity index (χ2v) is 8.58. The van der Waals surface area contributed by atoms with E-state index in [1.54, 1.807) is 26.1 Å². The van der Waals surface area contributed by atoms with Crippen molar-refractivity contribution in [3.05, 3.63) is 29.8 Å². The SMILES string of the molecule is COc1ccc(CN=C(NCC(=O)N(C)C)N2CCN(C(=O)C3CCCN3C)CC2)cc1. The van der Waals surface area contributed by atoms with Crippen molar-refractivity contribution in [1.82, 2.24) is 24.9 Å². The highest BCUT2D eigenvalue weighted by molar-refractivity contribution is 5.87. The molecule has 0 aromatic heterocycles. The van der Waals surface area contributed by atoms with Gasteiger partial charge in [-0.25, -0.2) is 4.99 Å². The minimum Gasteiger partial charge on any atom is -0.497 e. The Labute approximate surface area is 191 Å². The summed E-state index contributed by atoms with van der Waals surface area (Å²) in [6, 6.07) is 7.82. The Balaban J connectivity index is 1.63. The first-order valence-corrected chi connectivity index (χ1v) is 11.2. The summed E-state index contributed by atoms with van der Waals surface area (Å²) >= 11 is 0. The normalized spacial score (nSPS) is 19.8. The van der Waals surface area contributed by atoms with Crippen LogP contribution in [0.4, 0.5) is 0 Å². The molecule has 1 aromatic carbocycles. The largest absolute Gasteiger partial charge is 0.497 e. The highest BCUT2D eigenvalue weighted by atomic mass is 16.5. The molecular formula is C23H36N6O3. The van der Waals surface area contributed by atoms with E-state index in [2.05, 4.69) is 15.1 Å². The highest BCUT2D eigenvalue weighted by Gasteiger charge is 2.33. The van der Waals surface area contributed by atoms with Gasteiger partial charge in [0.2, 0.25) is 11.8 Å². The summed E-state index contributed by atoms with van der Waals surface area (Å²) in [5, 5.41) is 3.22. The number of rotatable bonds is 6. The van der Waals surface area contributed by atoms with Crippen molar-refractivity contribution in [3.8, 4) is 5.75 Å². The molecule has 0 bridgehead atoms. The first-order chi connectivity index (χ1) is 15.4. The minimum absolute atomic E-state index is 0.0137. The van der Waals surface area contributed by atoms with Gasteiger partial charge in [0.25, 0.3) is 0 Å². The number of guanidine groups is 1. The number of hydrogen-bond donors (Lipinski definition) is 1. The maximum atomic E-state index is 12.9. The summed E-state index contributed by atoms with van der Waals surface area (Å²) in [6.07, 6.45) is 2.02. The summed E-state index contributed by atoms with van der Waals surface area (Å²) in [7, 11) is 7.15. The lowest BCUT2D eigenvalue weighted by molar-refractivity contribution is -0.136. The summed E-state index contributed by atoms with van der Waals surface area (Å²) < 4.78 is 5.22. The zero-order valence-electron chi connectivity index (χ0n) is 19.7. The zero-order chi connectivity index (χ0) is 23.1. The number of amides is 2. The van der Waals surface area contributed by atoms with Crippen LogP contribution in [0.1, 0.15) is 18.4 Å². The minimum atomic E-state index is -0.0137. The molecule has 3 rings (SSSR count). The maximum absolute atomic E-state index is 12.9. The van der Waals surface area contributed by atoms with Crippen molar-refractivity contribution >= 4 is 17.8 Å². The predicted molar refractivity (Wildman–Crippen MR) is 125 cm³/mol. The quantitative estimate of drug-likeness (QED) is 0.508. The van der Waals surface area contributed by atoms with Crippen LogP contribution in [0.5, 0.6) is 5.75 Å². The Morgan fingerprint density at radius 1 is 1.09 bits per heavy atom. The Morgan fingerprint density at radius 3 is 2.31 bits per heavy atom. The Morgan fingerprint density at radius 2 is 1.75 bits per heavy atom. The lowest BCUT2D eigenvalue weighted by Crippen LogP contribution is -2.57. The molecule has 2 aliphatic rings. The van der Waals surface area contributed by atoms with E-state index in [4.69, 9.17) is 9.73 Å². The molecule has 2 fully saturated rings. The number of benzene rings is 1. The molecule has 1 aromatic rings. The first-order valence-electron chi connectivity index (χ1n) is 11.2. The van der Waals surface area contributed by atoms with Crippen LogP contribution in [0.2, 0.25) is 0 Å². The lowest BCUT2D eigenvalue weighted by atomic mass is 10.1. The van der Waals surface area contributed by atoms with Crippen LogP contribution >= 0.6 is 0 Å². The second kappa shape index (κ2) is 11.2. The van der Waals surface area contributed by atoms with Crippen molar-refractivity contribution in [3.63, 3.8) is 0 Å². The molecular weight excluding hydrogens is 408 g/mol. The van der Waals surface area contributed by atoms with Gasteiger partial charge >= 0.3 is 0 Å². The van der Waals surface area contributed by atoms with Gasteiger partial charge in [0.05, 0.1) is 26.2 Å². The van der Waals surface area contributed by atoms with Crippen LogP contribution in [-0.2, 0) is 16.1 Å². The Bertz CT molecular complexity index is 802. The number of ether oxygens (including phenoxy) is 1. The van der Waals surface area contributed by atoms with Crippen LogP contribution < -0.4 is 10.1 Å². The fraction of sp³-hybridized carbons (Fsp3) is 0.609. The first kappa shape index (κ1) is 23.8. The van der Waals surface area contributed by atoms with Crippen molar-refractivity contribution in [2.75, 3.05) is 67.5 Å². The van der Waals surface area contributed by atoms with Crippen LogP contribution in [0.15, 0.2) is 29.3 Å². The summed E-state index contributed by atoms with van der Waals surface area (Å²) in [4.78, 5) is 37.6. The highest BCUT2D eigenvalue weighted by Crippen LogP contribution is 2.18. The average molecular weight is 445 g/mol. The number of methoxy groups -OCH3 is 1. The van der Waals surface area contributed by atoms with E-state index in [-0.39, 0.29) is 24.4 Å². The van der Waals surface area contributed by atoms with Gasteiger partial charge in [-0.2, -0.15) is 0 Å². The molecule has 0 aliphatic carbocycles. The molecule has 2 saturated heterocycles. The van der Waals surface area contributed by atoms with Gasteiger partial charge in [-0.05, 0) is 44.1 Å². The standard InChI is InChI=1S/C23H36N6O3/c1-26(2)21(30)17-25-23(24-16-18-7-9-19(32-4)10-8-18)29-14-12-28(13-15-29)22(31)20-6-5-11-27(20)3/h7-10,20H,5-6,11-17H2,1-4H3,(H,24,25). The van der Waals surface area contributed by atoms with Gasteiger partial charge in [0, 0.05) is 40.3 Å². The van der Waals surface area contributed by atoms with Gasteiger partial charge < -0.3 is 24.8 Å². The topological polar surface area (TPSA) is 80.7 Å². The molecule has 32 heavy (non-hydrogen) atoms. The van der Waals surface area contributed by atoms with Crippen molar-refractivity contribution < 1.29 is 14.3 Å². The van der Waals surface area contributed by atoms with E-state index in [1.807, 2.05) is 36.2 Å². The molecule has 0 saturated carbocycles. The third-order valence-electron chi connectivity index (χ3n) is 6.16. The Hall–Kier alpha value is -2.81. The predicted octanol–water partition coefficient (Wildman–Crippen LogP) is 0.467. The van der Waals surface area contributed by atoms with Crippen molar-refractivity contribution in [1.29, 1.82) is 0 Å². The number of likely N-dealkylation sites (N-methyl/N-ethyl adjacent to an activating group) is 2. The smallest absolute Gasteiger partial charge is 0.241 e. The summed E-state index contributed by atoms with van der Waals surface area (Å²) in [6.45, 7) is 4.36. The fourth-order valence-electron chi connectivity index (χ4n) is 4.05. The zero-order valence-corrected chi connectivity index (χ0v) is 19.7. The van der Waals surface area contributed by atoms with Crippen molar-refractivity contribution in [2.24, 2.45) is 4.99 Å². The van der Waals surface area contributed by atoms with Crippen LogP contribution in [0.3, 0.4) is 0 Å². The fourth-order valence-corrected chi connectivity index (χ4v) is 4.05. The third kappa shape index (κ3) is 6.12. The van der Waals surface area contributed by atoms with E-state index >= 15 is 0 Å². The number of nitrogens with one attached hydrogen (secondary N) is 1. The molecule has 0 radical (unpaired) electrons. The monoisotopic (exact) mass is 444 g/mol. The van der Waals surface area contributed by atoms with E-state index in [0.717, 1.165) is 30.7 Å². The average Bonchev–Trinajstić information content (AvgIpc) is 3.24. The molecule has 1 atom stereocenters. The van der Waals surface area contributed by atoms with E-state index < -0.39 is 0 Å². The summed E-state index contributed by atoms with van der Waals surface area (Å²) in [5.41, 5.74) is 1.06. The van der Waals surface area contributed by atoms with Crippen LogP contribution in [-0.4, -0.2) is 111 Å². The molecule has 9 nitrogen and oxygen atoms in total. The molecule has 176 valence electrons. The molecule has 2 aliphatic heterocycles. The van der Waals surface area contributed by atoms with E-state index in [1.165, 1.54) is 0 Å². The van der Waals surface area contributed by atoms with Gasteiger partial charge in [-0.1, -0.05) is 12.1 Å². The van der Waals surface area contributed by atoms with E-state index in [9.17, 15) is 9.59 Å². The molecule has 1 unspecified atom stereocenters. The number of likely N-dealkylation sites (tertiary alicyclic amines) is 1. The number of carbonyl (C=O) groups excluding carboxylic acids is 2. The van der Waals surface area contributed by atoms with Crippen LogP contribution in [0, 0.1) is 0 Å². The number of aliphatic imine (C=N–C) groups is 1. The van der Waals surface area contributed by atoms with Gasteiger partial charge in [-0.3, -0.25) is 14.5 Å². The number of piperazine rings is 1. The van der Waals surface area contributed by atoms with Gasteiger partial charge in [-0.15, -0.1) is 0 Å². The van der Waals surface area contributed by atoms with Gasteiger partial charge in [0.1, 0.15) is 5.75 Å². The maximum Gasteiger partial charge on any atom is 0.241 e. The van der Waals surface area contributed by atoms with Crippen molar-refractivity contribution in [2.45, 2.75) is 25.4 Å². The molecule has 9 heteroatoms. The Kier molecular flexibility index (Phi) is 8.33. The molecule has 2 amide bonds. The van der Waals surface area contributed by atoms with E-state index in [0.29, 0.717) is 38.7 Å². The number of nitrogens with zero attached hydrogens (tertiary/aromatic N) is 5. The lowest BCUT2D eigenvalue weighted by Gasteiger charge is -2.38. The molecule has 0 spiro atoms. The second-order valence-electron chi connectivity index (χ2n) is 8.58. The number of carbonyl (C=O) groups is 2. The summed E-state index contributed by atoms with van der Waals surface area (Å²) in [5.74, 6) is 1.72. The molecule has 1 N–H and O–H groups in total. The van der Waals surface area contributed by atoms with Gasteiger partial charge in [0.15, 0.2) is 5.96 Å². The number of hydrogen-bond acceptors (Lipinski definition) is 5. The van der Waals surface area contributed by atoms with Crippen LogP contribution in [0.25, 0.3) is 0 Å². The molecule has 2 heterocycles. The third-order valence-corrected chi connectivity index (χ3v) is 6.16.